The largest absolute Gasteiger partial charge is 1.00 e. The van der Waals surface area contributed by atoms with Crippen LogP contribution >= 0.6 is 0 Å². The van der Waals surface area contributed by atoms with Crippen LogP contribution < -0.4 is 40.0 Å². The van der Waals surface area contributed by atoms with E-state index in [4.69, 9.17) is 0 Å². The first kappa shape index (κ1) is 19.2. The number of rotatable bonds is 4. The number of aromatic hydroxyl groups is 1. The van der Waals surface area contributed by atoms with Gasteiger partial charge in [0.2, 0.25) is 0 Å². The quantitative estimate of drug-likeness (QED) is 0.646. The van der Waals surface area contributed by atoms with E-state index in [9.17, 15) is 19.8 Å². The van der Waals surface area contributed by atoms with Gasteiger partial charge < -0.3 is 20.3 Å². The maximum absolute atomic E-state index is 12.1. The Hall–Kier alpha value is -1.82. The van der Waals surface area contributed by atoms with Crippen LogP contribution in [0.5, 0.6) is 5.75 Å². The van der Waals surface area contributed by atoms with Gasteiger partial charge in [0.25, 0.3) is 5.91 Å². The average molecular weight is 321 g/mol. The minimum absolute atomic E-state index is 0. The van der Waals surface area contributed by atoms with E-state index in [-0.39, 0.29) is 40.9 Å². The summed E-state index contributed by atoms with van der Waals surface area (Å²) in [4.78, 5) is 23.0. The minimum Gasteiger partial charge on any atom is -0.550 e. The Morgan fingerprint density at radius 2 is 1.96 bits per heavy atom. The van der Waals surface area contributed by atoms with Gasteiger partial charge in [0, 0.05) is 24.0 Å². The predicted octanol–water partition coefficient (Wildman–Crippen LogP) is -1.72. The van der Waals surface area contributed by atoms with Crippen molar-refractivity contribution in [2.45, 2.75) is 13.3 Å². The molecule has 1 aliphatic rings. The molecule has 5 nitrogen and oxygen atoms in total. The summed E-state index contributed by atoms with van der Waals surface area (Å²) < 4.78 is 0. The van der Waals surface area contributed by atoms with Crippen LogP contribution in [0, 0.1) is 5.92 Å². The van der Waals surface area contributed by atoms with Crippen molar-refractivity contribution < 1.29 is 49.4 Å². The molecule has 1 unspecified atom stereocenters. The van der Waals surface area contributed by atoms with Crippen LogP contribution in [0.3, 0.4) is 0 Å². The van der Waals surface area contributed by atoms with Gasteiger partial charge in [-0.25, -0.2) is 0 Å². The van der Waals surface area contributed by atoms with Crippen LogP contribution in [0.2, 0.25) is 0 Å². The summed E-state index contributed by atoms with van der Waals surface area (Å²) in [6.45, 7) is 1.55. The van der Waals surface area contributed by atoms with Crippen LogP contribution in [0.15, 0.2) is 59.8 Å². The number of aliphatic carboxylic acids is 1. The number of hydrogen-bond acceptors (Lipinski definition) is 4. The molecule has 2 N–H and O–H groups in total. The number of carboxylic acids is 1. The van der Waals surface area contributed by atoms with Crippen molar-refractivity contribution in [2.75, 3.05) is 0 Å². The van der Waals surface area contributed by atoms with Gasteiger partial charge in [-0.1, -0.05) is 37.3 Å². The smallest absolute Gasteiger partial charge is 0.550 e. The van der Waals surface area contributed by atoms with Crippen molar-refractivity contribution in [3.63, 3.8) is 0 Å². The van der Waals surface area contributed by atoms with Crippen LogP contribution in [0.25, 0.3) is 0 Å². The Kier molecular flexibility index (Phi) is 7.29. The molecule has 1 aromatic carbocycles. The third-order valence-electron chi connectivity index (χ3n) is 3.40. The second-order valence-corrected chi connectivity index (χ2v) is 4.98. The molecule has 0 radical (unpaired) electrons. The molecule has 0 aliphatic heterocycles. The number of carboxylic acid groups (broad SMARTS) is 1. The molecule has 114 valence electrons. The predicted molar refractivity (Wildman–Crippen MR) is 79.7 cm³/mol. The summed E-state index contributed by atoms with van der Waals surface area (Å²) >= 11 is 0. The molecule has 23 heavy (non-hydrogen) atoms. The summed E-state index contributed by atoms with van der Waals surface area (Å²) in [5, 5.41) is 23.3. The van der Waals surface area contributed by atoms with Crippen LogP contribution in [0.1, 0.15) is 23.7 Å². The normalized spacial score (nSPS) is 14.7. The second kappa shape index (κ2) is 8.72. The van der Waals surface area contributed by atoms with E-state index in [1.165, 1.54) is 12.1 Å². The summed E-state index contributed by atoms with van der Waals surface area (Å²) in [7, 11) is 0. The first-order valence-corrected chi connectivity index (χ1v) is 6.86. The molecule has 0 saturated heterocycles. The summed E-state index contributed by atoms with van der Waals surface area (Å²) in [6.07, 6.45) is 7.24. The monoisotopic (exact) mass is 321 g/mol. The number of phenols is 1. The van der Waals surface area contributed by atoms with Gasteiger partial charge in [-0.2, -0.15) is 0 Å². The first-order valence-electron chi connectivity index (χ1n) is 6.86. The summed E-state index contributed by atoms with van der Waals surface area (Å²) in [5.41, 5.74) is 1.40. The number of phenolic OH excluding ortho intramolecular Hbond substituents is 1. The molecule has 0 saturated carbocycles. The Balaban J connectivity index is 0.00000264. The van der Waals surface area contributed by atoms with Gasteiger partial charge >= 0.3 is 29.6 Å². The molecule has 1 amide bonds. The number of allylic oxidation sites excluding steroid dienone is 4. The van der Waals surface area contributed by atoms with Crippen molar-refractivity contribution >= 4 is 11.9 Å². The Bertz CT molecular complexity index is 692. The van der Waals surface area contributed by atoms with Crippen molar-refractivity contribution in [1.29, 1.82) is 0 Å². The first-order chi connectivity index (χ1) is 10.5. The van der Waals surface area contributed by atoms with Gasteiger partial charge in [-0.3, -0.25) is 4.79 Å². The van der Waals surface area contributed by atoms with Gasteiger partial charge in [0.15, 0.2) is 0 Å². The fourth-order valence-electron chi connectivity index (χ4n) is 2.04. The topological polar surface area (TPSA) is 89.5 Å². The molecule has 0 aromatic heterocycles. The van der Waals surface area contributed by atoms with E-state index in [0.29, 0.717) is 17.7 Å². The van der Waals surface area contributed by atoms with Crippen LogP contribution in [0.4, 0.5) is 0 Å². The molecule has 2 rings (SSSR count). The van der Waals surface area contributed by atoms with Crippen molar-refractivity contribution in [3.05, 3.63) is 65.4 Å². The second-order valence-electron chi connectivity index (χ2n) is 4.98. The third-order valence-corrected chi connectivity index (χ3v) is 3.40. The number of benzene rings is 1. The molecule has 0 bridgehead atoms. The van der Waals surface area contributed by atoms with Crippen LogP contribution in [-0.4, -0.2) is 17.0 Å². The number of hydrogen-bond donors (Lipinski definition) is 2. The zero-order valence-corrected chi connectivity index (χ0v) is 15.1. The van der Waals surface area contributed by atoms with Gasteiger partial charge in [-0.15, -0.1) is 0 Å². The molecule has 0 fully saturated rings. The zero-order chi connectivity index (χ0) is 16.1. The summed E-state index contributed by atoms with van der Waals surface area (Å²) in [6, 6.07) is 6.26. The fraction of sp³-hybridized carbons (Fsp3) is 0.176. The van der Waals surface area contributed by atoms with E-state index >= 15 is 0 Å². The van der Waals surface area contributed by atoms with E-state index in [1.807, 2.05) is 0 Å². The molecule has 1 aromatic rings. The van der Waals surface area contributed by atoms with E-state index in [1.54, 1.807) is 43.4 Å². The number of para-hydroxylation sites is 1. The fourth-order valence-corrected chi connectivity index (χ4v) is 2.04. The molecule has 1 atom stereocenters. The van der Waals surface area contributed by atoms with Gasteiger partial charge in [-0.05, 0) is 23.8 Å². The van der Waals surface area contributed by atoms with E-state index < -0.39 is 17.8 Å². The molecular formula is C17H16NNaO4. The standard InChI is InChI=1S/C17H17NO4.Na/c1-11(17(21)22)12-5-4-6-13(10-9-12)18-16(20)14-7-2-3-8-15(14)19;/h2-5,7-11,19H,6H2,1H3,(H,18,20)(H,21,22);/q;+1/p-1. The Labute approximate surface area is 156 Å². The number of carbonyl (C=O) groups is 2. The maximum atomic E-state index is 12.1. The number of carbonyl (C=O) groups excluding carboxylic acids is 2. The summed E-state index contributed by atoms with van der Waals surface area (Å²) in [5.74, 6) is -2.37. The van der Waals surface area contributed by atoms with Crippen molar-refractivity contribution in [1.82, 2.24) is 5.32 Å². The van der Waals surface area contributed by atoms with Gasteiger partial charge in [0.1, 0.15) is 5.75 Å². The average Bonchev–Trinajstić information content (AvgIpc) is 2.72. The molecule has 1 aliphatic carbocycles. The van der Waals surface area contributed by atoms with Crippen molar-refractivity contribution in [3.8, 4) is 5.75 Å². The van der Waals surface area contributed by atoms with E-state index in [2.05, 4.69) is 5.32 Å². The Morgan fingerprint density at radius 3 is 2.61 bits per heavy atom. The Morgan fingerprint density at radius 1 is 1.26 bits per heavy atom. The zero-order valence-electron chi connectivity index (χ0n) is 13.1. The third kappa shape index (κ3) is 5.10. The maximum Gasteiger partial charge on any atom is 1.00 e. The number of amides is 1. The molecular weight excluding hydrogens is 305 g/mol. The number of nitrogens with one attached hydrogen (secondary N) is 1. The molecule has 6 heteroatoms. The molecule has 0 heterocycles. The molecule has 0 spiro atoms. The van der Waals surface area contributed by atoms with Gasteiger partial charge in [0.05, 0.1) is 5.56 Å². The van der Waals surface area contributed by atoms with Crippen molar-refractivity contribution in [2.24, 2.45) is 5.92 Å². The SMILES string of the molecule is CC(C(=O)[O-])C1=CC=C(NC(=O)c2ccccc2O)CC=C1.[Na+]. The minimum atomic E-state index is -1.15. The van der Waals surface area contributed by atoms with E-state index in [0.717, 1.165) is 0 Å². The van der Waals surface area contributed by atoms with Crippen LogP contribution in [-0.2, 0) is 4.79 Å².